The molecule has 0 aliphatic rings. The van der Waals surface area contributed by atoms with Gasteiger partial charge in [-0.15, -0.1) is 0 Å². The van der Waals surface area contributed by atoms with Gasteiger partial charge in [0.05, 0.1) is 12.7 Å². The summed E-state index contributed by atoms with van der Waals surface area (Å²) in [6.07, 6.45) is 4.90. The fraction of sp³-hybridized carbons (Fsp3) is 0.312. The van der Waals surface area contributed by atoms with Crippen LogP contribution in [0.25, 0.3) is 0 Å². The molecule has 0 aliphatic carbocycles. The van der Waals surface area contributed by atoms with Gasteiger partial charge in [0.25, 0.3) is 0 Å². The molecule has 0 saturated heterocycles. The standard InChI is InChI=1S/C16H19NO2/c1-16(18,14-4-3-11-17-12-14)10-9-13-5-7-15(19-2)8-6-13/h3-8,11-12,18H,9-10H2,1-2H3. The summed E-state index contributed by atoms with van der Waals surface area (Å²) in [5.41, 5.74) is 1.18. The zero-order chi connectivity index (χ0) is 13.7. The summed E-state index contributed by atoms with van der Waals surface area (Å²) in [6, 6.07) is 11.7. The third-order valence-corrected chi connectivity index (χ3v) is 3.34. The van der Waals surface area contributed by atoms with Gasteiger partial charge in [-0.2, -0.15) is 0 Å². The molecule has 0 fully saturated rings. The molecule has 0 radical (unpaired) electrons. The first kappa shape index (κ1) is 13.6. The van der Waals surface area contributed by atoms with Gasteiger partial charge in [-0.25, -0.2) is 0 Å². The first-order valence-electron chi connectivity index (χ1n) is 6.37. The first-order valence-corrected chi connectivity index (χ1v) is 6.37. The summed E-state index contributed by atoms with van der Waals surface area (Å²) in [5, 5.41) is 10.5. The van der Waals surface area contributed by atoms with Crippen LogP contribution < -0.4 is 4.74 Å². The molecule has 0 aliphatic heterocycles. The summed E-state index contributed by atoms with van der Waals surface area (Å²) in [5.74, 6) is 0.850. The predicted octanol–water partition coefficient (Wildman–Crippen LogP) is 2.93. The molecule has 1 heterocycles. The molecule has 1 atom stereocenters. The largest absolute Gasteiger partial charge is 0.497 e. The molecular formula is C16H19NO2. The monoisotopic (exact) mass is 257 g/mol. The van der Waals surface area contributed by atoms with Crippen molar-refractivity contribution >= 4 is 0 Å². The molecule has 3 heteroatoms. The van der Waals surface area contributed by atoms with E-state index in [1.807, 2.05) is 43.3 Å². The Morgan fingerprint density at radius 1 is 1.21 bits per heavy atom. The van der Waals surface area contributed by atoms with Gasteiger partial charge in [-0.1, -0.05) is 18.2 Å². The molecule has 19 heavy (non-hydrogen) atoms. The zero-order valence-electron chi connectivity index (χ0n) is 11.3. The van der Waals surface area contributed by atoms with Crippen LogP contribution in [0.4, 0.5) is 0 Å². The third kappa shape index (κ3) is 3.55. The molecule has 2 rings (SSSR count). The van der Waals surface area contributed by atoms with Gasteiger partial charge in [0.15, 0.2) is 0 Å². The fourth-order valence-electron chi connectivity index (χ4n) is 2.01. The van der Waals surface area contributed by atoms with E-state index in [0.717, 1.165) is 17.7 Å². The molecule has 0 amide bonds. The average molecular weight is 257 g/mol. The molecule has 0 spiro atoms. The van der Waals surface area contributed by atoms with Crippen molar-refractivity contribution in [1.82, 2.24) is 4.98 Å². The lowest BCUT2D eigenvalue weighted by atomic mass is 9.90. The number of ether oxygens (including phenoxy) is 1. The highest BCUT2D eigenvalue weighted by Crippen LogP contribution is 2.25. The Labute approximate surface area is 113 Å². The Morgan fingerprint density at radius 3 is 2.53 bits per heavy atom. The maximum absolute atomic E-state index is 10.5. The number of hydrogen-bond acceptors (Lipinski definition) is 3. The van der Waals surface area contributed by atoms with Crippen LogP contribution in [0.1, 0.15) is 24.5 Å². The highest BCUT2D eigenvalue weighted by Gasteiger charge is 2.22. The number of hydrogen-bond donors (Lipinski definition) is 1. The van der Waals surface area contributed by atoms with Crippen molar-refractivity contribution in [2.75, 3.05) is 7.11 Å². The average Bonchev–Trinajstić information content (AvgIpc) is 2.47. The molecule has 0 bridgehead atoms. The second kappa shape index (κ2) is 5.85. The van der Waals surface area contributed by atoms with Crippen LogP contribution in [-0.2, 0) is 12.0 Å². The van der Waals surface area contributed by atoms with E-state index < -0.39 is 5.60 Å². The summed E-state index contributed by atoms with van der Waals surface area (Å²) in [7, 11) is 1.65. The van der Waals surface area contributed by atoms with Crippen molar-refractivity contribution in [3.8, 4) is 5.75 Å². The second-order valence-electron chi connectivity index (χ2n) is 4.86. The Hall–Kier alpha value is -1.87. The normalized spacial score (nSPS) is 13.8. The van der Waals surface area contributed by atoms with Crippen LogP contribution in [-0.4, -0.2) is 17.2 Å². The summed E-state index contributed by atoms with van der Waals surface area (Å²) < 4.78 is 5.13. The SMILES string of the molecule is COc1ccc(CCC(C)(O)c2cccnc2)cc1. The number of rotatable bonds is 5. The molecule has 1 N–H and O–H groups in total. The van der Waals surface area contributed by atoms with E-state index in [0.29, 0.717) is 6.42 Å². The van der Waals surface area contributed by atoms with Crippen LogP contribution in [0.3, 0.4) is 0 Å². The van der Waals surface area contributed by atoms with Crippen LogP contribution in [0.2, 0.25) is 0 Å². The Morgan fingerprint density at radius 2 is 1.95 bits per heavy atom. The number of methoxy groups -OCH3 is 1. The van der Waals surface area contributed by atoms with Crippen LogP contribution >= 0.6 is 0 Å². The Balaban J connectivity index is 2.01. The number of aromatic nitrogens is 1. The van der Waals surface area contributed by atoms with E-state index in [1.165, 1.54) is 5.56 Å². The van der Waals surface area contributed by atoms with Crippen LogP contribution in [0, 0.1) is 0 Å². The molecule has 1 aromatic heterocycles. The lowest BCUT2D eigenvalue weighted by Gasteiger charge is -2.23. The molecular weight excluding hydrogens is 238 g/mol. The van der Waals surface area contributed by atoms with E-state index >= 15 is 0 Å². The number of pyridine rings is 1. The molecule has 1 aromatic carbocycles. The van der Waals surface area contributed by atoms with Crippen molar-refractivity contribution in [1.29, 1.82) is 0 Å². The highest BCUT2D eigenvalue weighted by molar-refractivity contribution is 5.27. The number of nitrogens with zero attached hydrogens (tertiary/aromatic N) is 1. The van der Waals surface area contributed by atoms with Gasteiger partial charge in [-0.3, -0.25) is 4.98 Å². The van der Waals surface area contributed by atoms with Gasteiger partial charge >= 0.3 is 0 Å². The van der Waals surface area contributed by atoms with E-state index in [9.17, 15) is 5.11 Å². The maximum Gasteiger partial charge on any atom is 0.118 e. The van der Waals surface area contributed by atoms with Gasteiger partial charge < -0.3 is 9.84 Å². The maximum atomic E-state index is 10.5. The first-order chi connectivity index (χ1) is 9.12. The predicted molar refractivity (Wildman–Crippen MR) is 75.1 cm³/mol. The van der Waals surface area contributed by atoms with Gasteiger partial charge in [0.2, 0.25) is 0 Å². The van der Waals surface area contributed by atoms with E-state index in [2.05, 4.69) is 4.98 Å². The molecule has 3 nitrogen and oxygen atoms in total. The number of benzene rings is 1. The minimum absolute atomic E-state index is 0.658. The lowest BCUT2D eigenvalue weighted by Crippen LogP contribution is -2.22. The Kier molecular flexibility index (Phi) is 4.17. The second-order valence-corrected chi connectivity index (χ2v) is 4.86. The molecule has 2 aromatic rings. The fourth-order valence-corrected chi connectivity index (χ4v) is 2.01. The van der Waals surface area contributed by atoms with E-state index in [-0.39, 0.29) is 0 Å². The number of aryl methyl sites for hydroxylation is 1. The lowest BCUT2D eigenvalue weighted by molar-refractivity contribution is 0.0477. The zero-order valence-corrected chi connectivity index (χ0v) is 11.3. The molecule has 100 valence electrons. The van der Waals surface area contributed by atoms with E-state index in [1.54, 1.807) is 19.5 Å². The Bertz CT molecular complexity index is 506. The minimum atomic E-state index is -0.853. The van der Waals surface area contributed by atoms with E-state index in [4.69, 9.17) is 4.74 Å². The van der Waals surface area contributed by atoms with Crippen molar-refractivity contribution < 1.29 is 9.84 Å². The van der Waals surface area contributed by atoms with Crippen molar-refractivity contribution in [3.63, 3.8) is 0 Å². The van der Waals surface area contributed by atoms with Crippen LogP contribution in [0.5, 0.6) is 5.75 Å². The highest BCUT2D eigenvalue weighted by atomic mass is 16.5. The van der Waals surface area contributed by atoms with Crippen molar-refractivity contribution in [2.24, 2.45) is 0 Å². The topological polar surface area (TPSA) is 42.4 Å². The van der Waals surface area contributed by atoms with Crippen molar-refractivity contribution in [3.05, 3.63) is 59.9 Å². The quantitative estimate of drug-likeness (QED) is 0.895. The van der Waals surface area contributed by atoms with Gasteiger partial charge in [0, 0.05) is 18.0 Å². The minimum Gasteiger partial charge on any atom is -0.497 e. The van der Waals surface area contributed by atoms with Crippen LogP contribution in [0.15, 0.2) is 48.8 Å². The third-order valence-electron chi connectivity index (χ3n) is 3.34. The molecule has 1 unspecified atom stereocenters. The number of aliphatic hydroxyl groups is 1. The van der Waals surface area contributed by atoms with Crippen molar-refractivity contribution in [2.45, 2.75) is 25.4 Å². The smallest absolute Gasteiger partial charge is 0.118 e. The summed E-state index contributed by atoms with van der Waals surface area (Å²) in [6.45, 7) is 1.83. The summed E-state index contributed by atoms with van der Waals surface area (Å²) >= 11 is 0. The molecule has 0 saturated carbocycles. The van der Waals surface area contributed by atoms with Gasteiger partial charge in [0.1, 0.15) is 5.75 Å². The van der Waals surface area contributed by atoms with Gasteiger partial charge in [-0.05, 0) is 43.5 Å². The summed E-state index contributed by atoms with van der Waals surface area (Å²) in [4.78, 5) is 4.05.